The molecule has 1 aliphatic carbocycles. The number of likely N-dealkylation sites (tertiary alicyclic amines) is 1. The molecule has 0 radical (unpaired) electrons. The van der Waals surface area contributed by atoms with Crippen molar-refractivity contribution in [2.24, 2.45) is 17.3 Å². The topological polar surface area (TPSA) is 12.5 Å². The predicted octanol–water partition coefficient (Wildman–Crippen LogP) is 4.51. The van der Waals surface area contributed by atoms with Gasteiger partial charge in [-0.2, -0.15) is 0 Å². The summed E-state index contributed by atoms with van der Waals surface area (Å²) in [5.41, 5.74) is 1.92. The molecule has 21 heavy (non-hydrogen) atoms. The molecule has 1 heterocycles. The van der Waals surface area contributed by atoms with Gasteiger partial charge in [0.25, 0.3) is 0 Å². The molecular weight excluding hydrogens is 258 g/mol. The zero-order valence-electron chi connectivity index (χ0n) is 14.8. The highest BCUT2D eigenvalue weighted by Gasteiger charge is 2.34. The minimum Gasteiger partial charge on any atom is -0.380 e. The van der Waals surface area contributed by atoms with E-state index in [4.69, 9.17) is 4.74 Å². The van der Waals surface area contributed by atoms with E-state index in [1.807, 2.05) is 7.11 Å². The normalized spacial score (nSPS) is 30.0. The fourth-order valence-electron chi connectivity index (χ4n) is 4.05. The van der Waals surface area contributed by atoms with Crippen LogP contribution in [0.3, 0.4) is 0 Å². The Balaban J connectivity index is 2.09. The van der Waals surface area contributed by atoms with Gasteiger partial charge in [-0.05, 0) is 68.5 Å². The highest BCUT2D eigenvalue weighted by atomic mass is 16.5. The second-order valence-electron chi connectivity index (χ2n) is 8.26. The lowest BCUT2D eigenvalue weighted by molar-refractivity contribution is 0.103. The third kappa shape index (κ3) is 4.56. The molecule has 1 aliphatic heterocycles. The summed E-state index contributed by atoms with van der Waals surface area (Å²) in [6.45, 7) is 13.1. The van der Waals surface area contributed by atoms with E-state index in [-0.39, 0.29) is 0 Å². The van der Waals surface area contributed by atoms with Gasteiger partial charge in [0.1, 0.15) is 0 Å². The second-order valence-corrected chi connectivity index (χ2v) is 8.26. The fourth-order valence-corrected chi connectivity index (χ4v) is 4.05. The molecule has 0 aromatic rings. The van der Waals surface area contributed by atoms with Crippen LogP contribution < -0.4 is 0 Å². The lowest BCUT2D eigenvalue weighted by atomic mass is 9.68. The summed E-state index contributed by atoms with van der Waals surface area (Å²) in [5.74, 6) is 1.48. The van der Waals surface area contributed by atoms with E-state index in [1.165, 1.54) is 50.8 Å². The van der Waals surface area contributed by atoms with Gasteiger partial charge < -0.3 is 9.64 Å². The number of piperidine rings is 1. The molecule has 2 heteroatoms. The van der Waals surface area contributed by atoms with Crippen LogP contribution in [0.2, 0.25) is 0 Å². The van der Waals surface area contributed by atoms with E-state index in [0.717, 1.165) is 12.5 Å². The van der Waals surface area contributed by atoms with Crippen molar-refractivity contribution in [1.29, 1.82) is 0 Å². The van der Waals surface area contributed by atoms with Crippen molar-refractivity contribution < 1.29 is 4.74 Å². The van der Waals surface area contributed by atoms with Gasteiger partial charge in [0.2, 0.25) is 0 Å². The first-order valence-corrected chi connectivity index (χ1v) is 8.84. The van der Waals surface area contributed by atoms with Crippen molar-refractivity contribution in [3.05, 3.63) is 11.6 Å². The quantitative estimate of drug-likeness (QED) is 0.707. The number of rotatable bonds is 4. The molecule has 2 unspecified atom stereocenters. The molecule has 0 N–H and O–H groups in total. The number of hydrogen-bond acceptors (Lipinski definition) is 2. The zero-order valence-corrected chi connectivity index (χ0v) is 14.8. The molecule has 0 saturated carbocycles. The summed E-state index contributed by atoms with van der Waals surface area (Å²) in [5, 5.41) is 0. The van der Waals surface area contributed by atoms with Crippen molar-refractivity contribution in [3.63, 3.8) is 0 Å². The zero-order chi connectivity index (χ0) is 15.5. The molecule has 0 spiro atoms. The Bertz CT molecular complexity index is 349. The van der Waals surface area contributed by atoms with Crippen LogP contribution in [0.15, 0.2) is 11.6 Å². The second kappa shape index (κ2) is 7.28. The molecule has 0 aromatic heterocycles. The molecule has 2 rings (SSSR count). The average Bonchev–Trinajstić information content (AvgIpc) is 2.46. The Morgan fingerprint density at radius 1 is 1.24 bits per heavy atom. The first-order chi connectivity index (χ1) is 9.91. The van der Waals surface area contributed by atoms with Crippen molar-refractivity contribution in [3.8, 4) is 0 Å². The van der Waals surface area contributed by atoms with E-state index >= 15 is 0 Å². The summed E-state index contributed by atoms with van der Waals surface area (Å²) in [4.78, 5) is 2.72. The van der Waals surface area contributed by atoms with Gasteiger partial charge in [-0.25, -0.2) is 0 Å². The maximum atomic E-state index is 5.43. The highest BCUT2D eigenvalue weighted by molar-refractivity contribution is 5.13. The van der Waals surface area contributed by atoms with Gasteiger partial charge in [-0.1, -0.05) is 33.3 Å². The molecule has 1 saturated heterocycles. The maximum Gasteiger partial charge on any atom is 0.0673 e. The third-order valence-corrected chi connectivity index (χ3v) is 5.66. The molecule has 2 nitrogen and oxygen atoms in total. The molecule has 1 fully saturated rings. The van der Waals surface area contributed by atoms with E-state index < -0.39 is 0 Å². The minimum absolute atomic E-state index is 0.396. The first-order valence-electron chi connectivity index (χ1n) is 8.84. The van der Waals surface area contributed by atoms with Gasteiger partial charge in [0, 0.05) is 13.2 Å². The van der Waals surface area contributed by atoms with Gasteiger partial charge >= 0.3 is 0 Å². The van der Waals surface area contributed by atoms with Crippen LogP contribution in [0.1, 0.15) is 59.8 Å². The maximum absolute atomic E-state index is 5.43. The van der Waals surface area contributed by atoms with E-state index in [2.05, 4.69) is 38.7 Å². The number of methoxy groups -OCH3 is 1. The van der Waals surface area contributed by atoms with Gasteiger partial charge in [-0.3, -0.25) is 0 Å². The van der Waals surface area contributed by atoms with Crippen LogP contribution in [-0.4, -0.2) is 37.7 Å². The number of hydrogen-bond donors (Lipinski definition) is 0. The average molecular weight is 293 g/mol. The van der Waals surface area contributed by atoms with Crippen LogP contribution in [0.25, 0.3) is 0 Å². The lowest BCUT2D eigenvalue weighted by Gasteiger charge is -2.43. The Kier molecular flexibility index (Phi) is 5.90. The van der Waals surface area contributed by atoms with E-state index in [1.54, 1.807) is 0 Å². The van der Waals surface area contributed by atoms with Crippen LogP contribution >= 0.6 is 0 Å². The van der Waals surface area contributed by atoms with Crippen LogP contribution in [0.4, 0.5) is 0 Å². The summed E-state index contributed by atoms with van der Waals surface area (Å²) in [6, 6.07) is 0.683. The van der Waals surface area contributed by atoms with E-state index in [9.17, 15) is 0 Å². The predicted molar refractivity (Wildman–Crippen MR) is 90.5 cm³/mol. The molecule has 0 bridgehead atoms. The van der Waals surface area contributed by atoms with Crippen LogP contribution in [0.5, 0.6) is 0 Å². The third-order valence-electron chi connectivity index (χ3n) is 5.66. The van der Waals surface area contributed by atoms with Crippen molar-refractivity contribution in [1.82, 2.24) is 4.90 Å². The Labute approximate surface area is 131 Å². The highest BCUT2D eigenvalue weighted by Crippen LogP contribution is 2.41. The van der Waals surface area contributed by atoms with Crippen molar-refractivity contribution in [2.75, 3.05) is 26.8 Å². The molecule has 0 amide bonds. The molecule has 0 aromatic carbocycles. The Hall–Kier alpha value is -0.340. The Morgan fingerprint density at radius 2 is 1.90 bits per heavy atom. The number of ether oxygens (including phenoxy) is 1. The van der Waals surface area contributed by atoms with Crippen molar-refractivity contribution in [2.45, 2.75) is 65.8 Å². The number of nitrogens with zero attached hydrogens (tertiary/aromatic N) is 1. The summed E-state index contributed by atoms with van der Waals surface area (Å²) in [6.07, 6.45) is 9.30. The molecule has 122 valence electrons. The fraction of sp³-hybridized carbons (Fsp3) is 0.895. The van der Waals surface area contributed by atoms with Gasteiger partial charge in [-0.15, -0.1) is 0 Å². The van der Waals surface area contributed by atoms with Crippen molar-refractivity contribution >= 4 is 0 Å². The summed E-state index contributed by atoms with van der Waals surface area (Å²) in [7, 11) is 1.82. The Morgan fingerprint density at radius 3 is 2.48 bits per heavy atom. The summed E-state index contributed by atoms with van der Waals surface area (Å²) >= 11 is 0. The standard InChI is InChI=1S/C19H35NO/c1-15(20-9-7-6-8-10-20)17-11-16(14-21-5)12-18(13-17)19(2,3)4/h11,15,17-18H,6-10,12-14H2,1-5H3/t15-,17?,18?/m0/s1. The van der Waals surface area contributed by atoms with Crippen LogP contribution in [-0.2, 0) is 4.74 Å². The summed E-state index contributed by atoms with van der Waals surface area (Å²) < 4.78 is 5.43. The SMILES string of the molecule is COCC1=CC([C@H](C)N2CCCCC2)CC(C(C)(C)C)C1. The monoisotopic (exact) mass is 293 g/mol. The van der Waals surface area contributed by atoms with Gasteiger partial charge in [0.15, 0.2) is 0 Å². The van der Waals surface area contributed by atoms with Gasteiger partial charge in [0.05, 0.1) is 6.61 Å². The largest absolute Gasteiger partial charge is 0.380 e. The van der Waals surface area contributed by atoms with E-state index in [0.29, 0.717) is 17.4 Å². The first kappa shape index (κ1) is 17.0. The molecular formula is C19H35NO. The molecule has 3 atom stereocenters. The minimum atomic E-state index is 0.396. The smallest absolute Gasteiger partial charge is 0.0673 e. The van der Waals surface area contributed by atoms with Crippen LogP contribution in [0, 0.1) is 17.3 Å². The molecule has 2 aliphatic rings. The lowest BCUT2D eigenvalue weighted by Crippen LogP contribution is -2.43.